The highest BCUT2D eigenvalue weighted by atomic mass is 32.1. The molecular weight excluding hydrogens is 244 g/mol. The van der Waals surface area contributed by atoms with Crippen LogP contribution in [0.25, 0.3) is 0 Å². The summed E-state index contributed by atoms with van der Waals surface area (Å²) in [5.41, 5.74) is 0.597. The largest absolute Gasteiger partial charge is 0.477 e. The third kappa shape index (κ3) is 2.48. The first-order valence-corrected chi connectivity index (χ1v) is 6.09. The van der Waals surface area contributed by atoms with E-state index in [0.29, 0.717) is 18.8 Å². The SMILES string of the molecule is O=C(O)c1cc(C2CCCOC2)c(C(=O)O)s1. The summed E-state index contributed by atoms with van der Waals surface area (Å²) in [5, 5.41) is 18.0. The van der Waals surface area contributed by atoms with E-state index in [0.717, 1.165) is 24.2 Å². The molecule has 1 aliphatic heterocycles. The van der Waals surface area contributed by atoms with Gasteiger partial charge < -0.3 is 14.9 Å². The van der Waals surface area contributed by atoms with Crippen LogP contribution in [0.3, 0.4) is 0 Å². The van der Waals surface area contributed by atoms with Gasteiger partial charge in [0.15, 0.2) is 0 Å². The van der Waals surface area contributed by atoms with Gasteiger partial charge in [0, 0.05) is 12.5 Å². The molecule has 0 saturated carbocycles. The normalized spacial score (nSPS) is 20.1. The third-order valence-electron chi connectivity index (χ3n) is 2.77. The van der Waals surface area contributed by atoms with Crippen LogP contribution >= 0.6 is 11.3 Å². The van der Waals surface area contributed by atoms with E-state index in [9.17, 15) is 9.59 Å². The van der Waals surface area contributed by atoms with Gasteiger partial charge in [0.1, 0.15) is 9.75 Å². The van der Waals surface area contributed by atoms with E-state index in [1.807, 2.05) is 0 Å². The Kier molecular flexibility index (Phi) is 3.44. The standard InChI is InChI=1S/C11H12O5S/c12-10(13)8-4-7(9(17-8)11(14)15)6-2-1-3-16-5-6/h4,6H,1-3,5H2,(H,12,13)(H,14,15). The smallest absolute Gasteiger partial charge is 0.346 e. The van der Waals surface area contributed by atoms with E-state index in [1.165, 1.54) is 6.07 Å². The zero-order chi connectivity index (χ0) is 12.4. The van der Waals surface area contributed by atoms with Crippen molar-refractivity contribution in [1.29, 1.82) is 0 Å². The number of aromatic carboxylic acids is 2. The second kappa shape index (κ2) is 4.85. The molecule has 5 nitrogen and oxygen atoms in total. The predicted molar refractivity (Wildman–Crippen MR) is 61.0 cm³/mol. The van der Waals surface area contributed by atoms with Crippen molar-refractivity contribution in [3.05, 3.63) is 21.4 Å². The van der Waals surface area contributed by atoms with Crippen molar-refractivity contribution in [2.24, 2.45) is 0 Å². The van der Waals surface area contributed by atoms with Gasteiger partial charge in [-0.05, 0) is 24.5 Å². The van der Waals surface area contributed by atoms with Crippen molar-refractivity contribution in [2.75, 3.05) is 13.2 Å². The quantitative estimate of drug-likeness (QED) is 0.864. The third-order valence-corrected chi connectivity index (χ3v) is 3.89. The van der Waals surface area contributed by atoms with Crippen molar-refractivity contribution in [2.45, 2.75) is 18.8 Å². The topological polar surface area (TPSA) is 83.8 Å². The number of rotatable bonds is 3. The zero-order valence-corrected chi connectivity index (χ0v) is 9.83. The first-order chi connectivity index (χ1) is 8.09. The Morgan fingerprint density at radius 1 is 1.35 bits per heavy atom. The summed E-state index contributed by atoms with van der Waals surface area (Å²) >= 11 is 0.815. The number of ether oxygens (including phenoxy) is 1. The minimum atomic E-state index is -1.08. The Hall–Kier alpha value is -1.40. The van der Waals surface area contributed by atoms with Crippen LogP contribution in [0, 0.1) is 0 Å². The minimum Gasteiger partial charge on any atom is -0.477 e. The Balaban J connectivity index is 2.36. The lowest BCUT2D eigenvalue weighted by Gasteiger charge is -2.21. The molecule has 0 amide bonds. The van der Waals surface area contributed by atoms with E-state index >= 15 is 0 Å². The average Bonchev–Trinajstić information content (AvgIpc) is 2.75. The molecule has 92 valence electrons. The lowest BCUT2D eigenvalue weighted by molar-refractivity contribution is 0.0679. The molecule has 1 aromatic heterocycles. The molecule has 1 unspecified atom stereocenters. The highest BCUT2D eigenvalue weighted by molar-refractivity contribution is 7.16. The maximum Gasteiger partial charge on any atom is 0.346 e. The van der Waals surface area contributed by atoms with Gasteiger partial charge in [0.05, 0.1) is 6.61 Å². The van der Waals surface area contributed by atoms with Gasteiger partial charge in [-0.1, -0.05) is 0 Å². The Morgan fingerprint density at radius 3 is 2.65 bits per heavy atom. The lowest BCUT2D eigenvalue weighted by Crippen LogP contribution is -2.16. The summed E-state index contributed by atoms with van der Waals surface area (Å²) in [4.78, 5) is 22.1. The number of hydrogen-bond donors (Lipinski definition) is 2. The molecule has 6 heteroatoms. The van der Waals surface area contributed by atoms with Gasteiger partial charge in [-0.2, -0.15) is 0 Å². The van der Waals surface area contributed by atoms with Gasteiger partial charge in [0.25, 0.3) is 0 Å². The van der Waals surface area contributed by atoms with Gasteiger partial charge in [-0.25, -0.2) is 9.59 Å². The molecular formula is C11H12O5S. The molecule has 2 rings (SSSR count). The van der Waals surface area contributed by atoms with Crippen molar-refractivity contribution < 1.29 is 24.5 Å². The van der Waals surface area contributed by atoms with Crippen molar-refractivity contribution in [1.82, 2.24) is 0 Å². The predicted octanol–water partition coefficient (Wildman–Crippen LogP) is 2.04. The summed E-state index contributed by atoms with van der Waals surface area (Å²) in [6.45, 7) is 1.16. The molecule has 1 aliphatic rings. The Labute approximate surface area is 102 Å². The lowest BCUT2D eigenvalue weighted by atomic mass is 9.93. The first kappa shape index (κ1) is 12.1. The molecule has 17 heavy (non-hydrogen) atoms. The van der Waals surface area contributed by atoms with E-state index in [1.54, 1.807) is 0 Å². The van der Waals surface area contributed by atoms with Crippen LogP contribution in [-0.2, 0) is 4.74 Å². The van der Waals surface area contributed by atoms with E-state index < -0.39 is 11.9 Å². The van der Waals surface area contributed by atoms with Gasteiger partial charge in [-0.3, -0.25) is 0 Å². The van der Waals surface area contributed by atoms with E-state index in [4.69, 9.17) is 14.9 Å². The zero-order valence-electron chi connectivity index (χ0n) is 9.01. The van der Waals surface area contributed by atoms with E-state index in [2.05, 4.69) is 0 Å². The molecule has 0 radical (unpaired) electrons. The summed E-state index contributed by atoms with van der Waals surface area (Å²) < 4.78 is 5.31. The molecule has 0 aromatic carbocycles. The molecule has 1 saturated heterocycles. The van der Waals surface area contributed by atoms with Gasteiger partial charge in [0.2, 0.25) is 0 Å². The second-order valence-electron chi connectivity index (χ2n) is 3.92. The highest BCUT2D eigenvalue weighted by Gasteiger charge is 2.26. The molecule has 0 bridgehead atoms. The molecule has 0 aliphatic carbocycles. The van der Waals surface area contributed by atoms with Crippen LogP contribution in [0.5, 0.6) is 0 Å². The van der Waals surface area contributed by atoms with Crippen LogP contribution in [0.2, 0.25) is 0 Å². The molecule has 1 aromatic rings. The first-order valence-electron chi connectivity index (χ1n) is 5.27. The molecule has 1 atom stereocenters. The minimum absolute atomic E-state index is 0.000741. The average molecular weight is 256 g/mol. The highest BCUT2D eigenvalue weighted by Crippen LogP contribution is 2.33. The maximum atomic E-state index is 11.1. The molecule has 0 spiro atoms. The van der Waals surface area contributed by atoms with Crippen molar-refractivity contribution >= 4 is 23.3 Å². The number of hydrogen-bond acceptors (Lipinski definition) is 4. The van der Waals surface area contributed by atoms with Crippen LogP contribution in [0.4, 0.5) is 0 Å². The number of thiophene rings is 1. The van der Waals surface area contributed by atoms with Crippen molar-refractivity contribution in [3.63, 3.8) is 0 Å². The van der Waals surface area contributed by atoms with Gasteiger partial charge in [-0.15, -0.1) is 11.3 Å². The number of carbonyl (C=O) groups is 2. The molecule has 1 fully saturated rings. The van der Waals surface area contributed by atoms with Crippen LogP contribution in [0.1, 0.15) is 43.7 Å². The Morgan fingerprint density at radius 2 is 2.12 bits per heavy atom. The van der Waals surface area contributed by atoms with E-state index in [-0.39, 0.29) is 15.7 Å². The number of carboxylic acids is 2. The summed E-state index contributed by atoms with van der Waals surface area (Å²) in [7, 11) is 0. The summed E-state index contributed by atoms with van der Waals surface area (Å²) in [6.07, 6.45) is 1.72. The summed E-state index contributed by atoms with van der Waals surface area (Å²) in [6, 6.07) is 1.47. The molecule has 2 N–H and O–H groups in total. The fourth-order valence-electron chi connectivity index (χ4n) is 1.97. The van der Waals surface area contributed by atoms with Crippen LogP contribution in [-0.4, -0.2) is 35.4 Å². The Bertz CT molecular complexity index is 445. The fourth-order valence-corrected chi connectivity index (χ4v) is 2.89. The fraction of sp³-hybridized carbons (Fsp3) is 0.455. The monoisotopic (exact) mass is 256 g/mol. The molecule has 2 heterocycles. The van der Waals surface area contributed by atoms with Crippen molar-refractivity contribution in [3.8, 4) is 0 Å². The maximum absolute atomic E-state index is 11.1. The van der Waals surface area contributed by atoms with Crippen LogP contribution < -0.4 is 0 Å². The second-order valence-corrected chi connectivity index (χ2v) is 4.97. The van der Waals surface area contributed by atoms with Crippen LogP contribution in [0.15, 0.2) is 6.07 Å². The number of carboxylic acid groups (broad SMARTS) is 2. The van der Waals surface area contributed by atoms with Gasteiger partial charge >= 0.3 is 11.9 Å². The summed E-state index contributed by atoms with van der Waals surface area (Å²) in [5.74, 6) is -2.15.